The first kappa shape index (κ1) is 12.1. The van der Waals surface area contributed by atoms with Crippen LogP contribution in [0.2, 0.25) is 0 Å². The third-order valence-corrected chi connectivity index (χ3v) is 3.86. The lowest BCUT2D eigenvalue weighted by Crippen LogP contribution is -2.29. The van der Waals surface area contributed by atoms with E-state index in [0.29, 0.717) is 17.9 Å². The minimum absolute atomic E-state index is 0.197. The lowest BCUT2D eigenvalue weighted by atomic mass is 10.1. The van der Waals surface area contributed by atoms with Gasteiger partial charge in [0.15, 0.2) is 5.69 Å². The fourth-order valence-corrected chi connectivity index (χ4v) is 2.82. The van der Waals surface area contributed by atoms with Gasteiger partial charge >= 0.3 is 0 Å². The van der Waals surface area contributed by atoms with Gasteiger partial charge in [-0.3, -0.25) is 9.89 Å². The van der Waals surface area contributed by atoms with Crippen LogP contribution < -0.4 is 4.90 Å². The summed E-state index contributed by atoms with van der Waals surface area (Å²) in [5.41, 5.74) is 2.83. The number of hydrogen-bond donors (Lipinski definition) is 1. The summed E-state index contributed by atoms with van der Waals surface area (Å²) in [5, 5.41) is 7.77. The molecule has 4 nitrogen and oxygen atoms in total. The molecule has 1 N–H and O–H groups in total. The van der Waals surface area contributed by atoms with Gasteiger partial charge in [-0.2, -0.15) is 5.10 Å². The standard InChI is InChI=1S/C16H12FN3O/c17-11-6-5-10-7-8-20(14(10)9-11)16(21)15-12-3-1-2-4-13(12)18-19-15/h1-6,9H,7-8H2,(H,18,19). The van der Waals surface area contributed by atoms with E-state index in [1.165, 1.54) is 12.1 Å². The number of benzene rings is 2. The summed E-state index contributed by atoms with van der Waals surface area (Å²) < 4.78 is 13.4. The van der Waals surface area contributed by atoms with Gasteiger partial charge in [0.05, 0.1) is 11.2 Å². The summed E-state index contributed by atoms with van der Waals surface area (Å²) in [5.74, 6) is -0.530. The second kappa shape index (κ2) is 4.41. The SMILES string of the molecule is O=C(c1n[nH]c2ccccc12)N1CCc2ccc(F)cc21. The second-order valence-electron chi connectivity index (χ2n) is 5.10. The molecule has 4 rings (SSSR count). The highest BCUT2D eigenvalue weighted by atomic mass is 19.1. The highest BCUT2D eigenvalue weighted by molar-refractivity contribution is 6.13. The fourth-order valence-electron chi connectivity index (χ4n) is 2.82. The Morgan fingerprint density at radius 3 is 3.00 bits per heavy atom. The van der Waals surface area contributed by atoms with E-state index in [1.54, 1.807) is 11.0 Å². The lowest BCUT2D eigenvalue weighted by molar-refractivity contribution is 0.0986. The normalized spacial score (nSPS) is 13.7. The number of fused-ring (bicyclic) bond motifs is 2. The Labute approximate surface area is 120 Å². The van der Waals surface area contributed by atoms with Gasteiger partial charge in [0.2, 0.25) is 0 Å². The lowest BCUT2D eigenvalue weighted by Gasteiger charge is -2.16. The van der Waals surface area contributed by atoms with Crippen LogP contribution in [0, 0.1) is 5.82 Å². The summed E-state index contributed by atoms with van der Waals surface area (Å²) in [4.78, 5) is 14.3. The summed E-state index contributed by atoms with van der Waals surface area (Å²) in [6.07, 6.45) is 0.740. The molecule has 0 spiro atoms. The van der Waals surface area contributed by atoms with E-state index in [4.69, 9.17) is 0 Å². The Balaban J connectivity index is 1.79. The van der Waals surface area contributed by atoms with Gasteiger partial charge in [-0.05, 0) is 30.2 Å². The monoisotopic (exact) mass is 281 g/mol. The molecule has 1 aliphatic heterocycles. The molecule has 5 heteroatoms. The Bertz CT molecular complexity index is 856. The molecule has 21 heavy (non-hydrogen) atoms. The van der Waals surface area contributed by atoms with Crippen LogP contribution >= 0.6 is 0 Å². The fraction of sp³-hybridized carbons (Fsp3) is 0.125. The third kappa shape index (κ3) is 1.81. The van der Waals surface area contributed by atoms with E-state index in [0.717, 1.165) is 22.9 Å². The van der Waals surface area contributed by atoms with Crippen molar-refractivity contribution < 1.29 is 9.18 Å². The van der Waals surface area contributed by atoms with Crippen molar-refractivity contribution in [1.29, 1.82) is 0 Å². The number of aromatic nitrogens is 2. The summed E-state index contributed by atoms with van der Waals surface area (Å²) in [6.45, 7) is 0.554. The zero-order valence-electron chi connectivity index (χ0n) is 11.1. The Kier molecular flexibility index (Phi) is 2.54. The van der Waals surface area contributed by atoms with Crippen molar-refractivity contribution in [2.45, 2.75) is 6.42 Å². The molecule has 1 aromatic heterocycles. The number of halogens is 1. The van der Waals surface area contributed by atoms with E-state index in [2.05, 4.69) is 10.2 Å². The van der Waals surface area contributed by atoms with Gasteiger partial charge < -0.3 is 4.90 Å². The molecule has 1 amide bonds. The first-order valence-corrected chi connectivity index (χ1v) is 6.77. The predicted octanol–water partition coefficient (Wildman–Crippen LogP) is 2.90. The van der Waals surface area contributed by atoms with E-state index in [1.807, 2.05) is 24.3 Å². The molecule has 0 saturated heterocycles. The van der Waals surface area contributed by atoms with Crippen LogP contribution in [0.3, 0.4) is 0 Å². The van der Waals surface area contributed by atoms with Gasteiger partial charge in [-0.25, -0.2) is 4.39 Å². The summed E-state index contributed by atoms with van der Waals surface area (Å²) >= 11 is 0. The quantitative estimate of drug-likeness (QED) is 0.745. The molecule has 0 saturated carbocycles. The van der Waals surface area contributed by atoms with Crippen LogP contribution in [-0.4, -0.2) is 22.6 Å². The number of H-pyrrole nitrogens is 1. The predicted molar refractivity (Wildman–Crippen MR) is 77.9 cm³/mol. The van der Waals surface area contributed by atoms with Crippen LogP contribution in [0.4, 0.5) is 10.1 Å². The average Bonchev–Trinajstić information content (AvgIpc) is 3.10. The van der Waals surface area contributed by atoms with Crippen molar-refractivity contribution in [3.63, 3.8) is 0 Å². The topological polar surface area (TPSA) is 49.0 Å². The first-order valence-electron chi connectivity index (χ1n) is 6.77. The van der Waals surface area contributed by atoms with Gasteiger partial charge in [-0.15, -0.1) is 0 Å². The third-order valence-electron chi connectivity index (χ3n) is 3.86. The Morgan fingerprint density at radius 1 is 1.24 bits per heavy atom. The van der Waals surface area contributed by atoms with Crippen molar-refractivity contribution in [2.75, 3.05) is 11.4 Å². The minimum Gasteiger partial charge on any atom is -0.306 e. The maximum atomic E-state index is 13.4. The molecule has 104 valence electrons. The Hall–Kier alpha value is -2.69. The number of nitrogens with one attached hydrogen (secondary N) is 1. The molecule has 0 atom stereocenters. The van der Waals surface area contributed by atoms with Crippen LogP contribution in [0.15, 0.2) is 42.5 Å². The van der Waals surface area contributed by atoms with Crippen LogP contribution in [0.5, 0.6) is 0 Å². The molecule has 0 bridgehead atoms. The number of nitrogens with zero attached hydrogens (tertiary/aromatic N) is 2. The van der Waals surface area contributed by atoms with Gasteiger partial charge in [0.1, 0.15) is 5.82 Å². The maximum absolute atomic E-state index is 13.4. The first-order chi connectivity index (χ1) is 10.2. The average molecular weight is 281 g/mol. The van der Waals surface area contributed by atoms with Crippen LogP contribution in [0.1, 0.15) is 16.1 Å². The highest BCUT2D eigenvalue weighted by Crippen LogP contribution is 2.30. The van der Waals surface area contributed by atoms with Gasteiger partial charge in [0, 0.05) is 11.9 Å². The minimum atomic E-state index is -0.333. The largest absolute Gasteiger partial charge is 0.306 e. The number of carbonyl (C=O) groups excluding carboxylic acids is 1. The number of rotatable bonds is 1. The molecular weight excluding hydrogens is 269 g/mol. The van der Waals surface area contributed by atoms with E-state index in [9.17, 15) is 9.18 Å². The van der Waals surface area contributed by atoms with Gasteiger partial charge in [0.25, 0.3) is 5.91 Å². The number of anilines is 1. The number of amides is 1. The molecule has 2 heterocycles. The van der Waals surface area contributed by atoms with Crippen LogP contribution in [-0.2, 0) is 6.42 Å². The highest BCUT2D eigenvalue weighted by Gasteiger charge is 2.28. The van der Waals surface area contributed by atoms with Crippen molar-refractivity contribution in [3.8, 4) is 0 Å². The molecule has 1 aliphatic rings. The molecule has 0 unspecified atom stereocenters. The van der Waals surface area contributed by atoms with Crippen molar-refractivity contribution in [1.82, 2.24) is 10.2 Å². The van der Waals surface area contributed by atoms with Crippen LogP contribution in [0.25, 0.3) is 10.9 Å². The van der Waals surface area contributed by atoms with E-state index < -0.39 is 0 Å². The molecule has 0 aliphatic carbocycles. The molecular formula is C16H12FN3O. The van der Waals surface area contributed by atoms with E-state index in [-0.39, 0.29) is 11.7 Å². The van der Waals surface area contributed by atoms with Gasteiger partial charge in [-0.1, -0.05) is 24.3 Å². The number of aromatic amines is 1. The van der Waals surface area contributed by atoms with Crippen molar-refractivity contribution in [3.05, 3.63) is 59.5 Å². The molecule has 0 fully saturated rings. The smallest absolute Gasteiger partial charge is 0.279 e. The number of hydrogen-bond acceptors (Lipinski definition) is 2. The van der Waals surface area contributed by atoms with E-state index >= 15 is 0 Å². The summed E-state index contributed by atoms with van der Waals surface area (Å²) in [7, 11) is 0. The number of para-hydroxylation sites is 1. The zero-order chi connectivity index (χ0) is 14.4. The summed E-state index contributed by atoms with van der Waals surface area (Å²) in [6, 6.07) is 12.1. The number of carbonyl (C=O) groups is 1. The molecule has 2 aromatic carbocycles. The van der Waals surface area contributed by atoms with Crippen molar-refractivity contribution in [2.24, 2.45) is 0 Å². The zero-order valence-corrected chi connectivity index (χ0v) is 11.1. The molecule has 3 aromatic rings. The maximum Gasteiger partial charge on any atom is 0.279 e. The second-order valence-corrected chi connectivity index (χ2v) is 5.10. The van der Waals surface area contributed by atoms with Crippen molar-refractivity contribution >= 4 is 22.5 Å². The Morgan fingerprint density at radius 2 is 2.10 bits per heavy atom. The molecule has 0 radical (unpaired) electrons.